The van der Waals surface area contributed by atoms with Gasteiger partial charge in [0.2, 0.25) is 11.8 Å². The summed E-state index contributed by atoms with van der Waals surface area (Å²) in [6.07, 6.45) is 2.30. The van der Waals surface area contributed by atoms with Gasteiger partial charge in [0.25, 0.3) is 0 Å². The maximum atomic E-state index is 13.8. The maximum Gasteiger partial charge on any atom is 0.246 e. The minimum Gasteiger partial charge on any atom is -0.391 e. The van der Waals surface area contributed by atoms with E-state index in [1.165, 1.54) is 0 Å². The van der Waals surface area contributed by atoms with Crippen molar-refractivity contribution in [1.29, 1.82) is 0 Å². The van der Waals surface area contributed by atoms with Crippen LogP contribution in [0.3, 0.4) is 0 Å². The molecule has 2 bridgehead atoms. The molecule has 5 N–H and O–H groups in total. The topological polar surface area (TPSA) is 112 Å². The third kappa shape index (κ3) is 5.22. The Morgan fingerprint density at radius 1 is 1.16 bits per heavy atom. The van der Waals surface area contributed by atoms with Crippen LogP contribution in [-0.4, -0.2) is 83.5 Å². The fourth-order valence-electron chi connectivity index (χ4n) is 5.68. The summed E-state index contributed by atoms with van der Waals surface area (Å²) < 4.78 is 19.4. The number of halogens is 2. The van der Waals surface area contributed by atoms with Gasteiger partial charge in [0.05, 0.1) is 29.2 Å². The van der Waals surface area contributed by atoms with Gasteiger partial charge in [-0.1, -0.05) is 0 Å². The number of nitrogens with one attached hydrogen (secondary N) is 4. The van der Waals surface area contributed by atoms with Crippen LogP contribution in [0.15, 0.2) is 0 Å². The summed E-state index contributed by atoms with van der Waals surface area (Å²) in [5, 5.41) is 23.2. The maximum absolute atomic E-state index is 13.8. The van der Waals surface area contributed by atoms with E-state index in [9.17, 15) is 19.1 Å². The van der Waals surface area contributed by atoms with Crippen LogP contribution in [0, 0.1) is 0 Å². The SMILES string of the molecule is CC1CNC(C(=O)NC23CCC(NC(=O)COC4CCC(Cl)C(F)C4)(CC2)CC3O)CN1. The smallest absolute Gasteiger partial charge is 0.246 e. The lowest BCUT2D eigenvalue weighted by atomic mass is 9.59. The van der Waals surface area contributed by atoms with Crippen LogP contribution in [0.2, 0.25) is 0 Å². The van der Waals surface area contributed by atoms with E-state index in [0.717, 1.165) is 6.54 Å². The van der Waals surface area contributed by atoms with Gasteiger partial charge in [-0.15, -0.1) is 11.6 Å². The van der Waals surface area contributed by atoms with Crippen molar-refractivity contribution in [3.05, 3.63) is 0 Å². The number of ether oxygens (including phenoxy) is 1. The normalized spacial score (nSPS) is 44.1. The highest BCUT2D eigenvalue weighted by Crippen LogP contribution is 2.47. The molecule has 0 spiro atoms. The van der Waals surface area contributed by atoms with Crippen molar-refractivity contribution < 1.29 is 23.8 Å². The minimum absolute atomic E-state index is 0.0897. The first kappa shape index (κ1) is 24.1. The van der Waals surface area contributed by atoms with Crippen LogP contribution >= 0.6 is 11.6 Å². The molecule has 10 heteroatoms. The summed E-state index contributed by atoms with van der Waals surface area (Å²) in [6.45, 7) is 3.23. The second-order valence-corrected chi connectivity index (χ2v) is 10.8. The van der Waals surface area contributed by atoms with E-state index in [1.54, 1.807) is 0 Å². The third-order valence-corrected chi connectivity index (χ3v) is 8.34. The summed E-state index contributed by atoms with van der Waals surface area (Å²) in [7, 11) is 0. The van der Waals surface area contributed by atoms with E-state index in [0.29, 0.717) is 57.5 Å². The van der Waals surface area contributed by atoms with Gasteiger partial charge < -0.3 is 31.1 Å². The van der Waals surface area contributed by atoms with Crippen LogP contribution in [-0.2, 0) is 14.3 Å². The van der Waals surface area contributed by atoms with E-state index in [-0.39, 0.29) is 37.0 Å². The Bertz CT molecular complexity index is 697. The summed E-state index contributed by atoms with van der Waals surface area (Å²) in [5.41, 5.74) is -1.12. The second kappa shape index (κ2) is 9.70. The van der Waals surface area contributed by atoms with Crippen LogP contribution < -0.4 is 21.3 Å². The fraction of sp³-hybridized carbons (Fsp3) is 0.909. The van der Waals surface area contributed by atoms with Crippen molar-refractivity contribution in [3.63, 3.8) is 0 Å². The van der Waals surface area contributed by atoms with Gasteiger partial charge in [0.1, 0.15) is 12.8 Å². The molecule has 6 unspecified atom stereocenters. The van der Waals surface area contributed by atoms with Crippen LogP contribution in [0.5, 0.6) is 0 Å². The van der Waals surface area contributed by atoms with Gasteiger partial charge >= 0.3 is 0 Å². The van der Waals surface area contributed by atoms with Gasteiger partial charge in [-0.05, 0) is 51.9 Å². The first-order valence-corrected chi connectivity index (χ1v) is 12.3. The Morgan fingerprint density at radius 3 is 2.53 bits per heavy atom. The van der Waals surface area contributed by atoms with Crippen LogP contribution in [0.4, 0.5) is 4.39 Å². The molecule has 0 aromatic heterocycles. The Labute approximate surface area is 193 Å². The Kier molecular flexibility index (Phi) is 7.32. The molecular weight excluding hydrogens is 439 g/mol. The predicted molar refractivity (Wildman–Crippen MR) is 118 cm³/mol. The second-order valence-electron chi connectivity index (χ2n) is 10.2. The number of alkyl halides is 2. The number of carbonyl (C=O) groups is 2. The van der Waals surface area contributed by atoms with Crippen molar-refractivity contribution in [2.45, 2.75) is 105 Å². The molecule has 5 aliphatic rings. The average Bonchev–Trinajstić information content (AvgIpc) is 2.76. The molecule has 1 heterocycles. The molecule has 0 aromatic carbocycles. The van der Waals surface area contributed by atoms with Gasteiger partial charge in [0.15, 0.2) is 0 Å². The summed E-state index contributed by atoms with van der Waals surface area (Å²) >= 11 is 5.91. The van der Waals surface area contributed by atoms with Gasteiger partial charge in [-0.2, -0.15) is 0 Å². The first-order valence-electron chi connectivity index (χ1n) is 11.9. The molecule has 32 heavy (non-hydrogen) atoms. The van der Waals surface area contributed by atoms with Crippen molar-refractivity contribution in [3.8, 4) is 0 Å². The monoisotopic (exact) mass is 474 g/mol. The number of carbonyl (C=O) groups excluding carboxylic acids is 2. The lowest BCUT2D eigenvalue weighted by Gasteiger charge is -2.56. The summed E-state index contributed by atoms with van der Waals surface area (Å²) in [6, 6.07) is 0.0187. The number of amides is 2. The highest BCUT2D eigenvalue weighted by Gasteiger charge is 2.55. The molecule has 1 saturated heterocycles. The minimum atomic E-state index is -1.10. The largest absolute Gasteiger partial charge is 0.391 e. The van der Waals surface area contributed by atoms with Crippen molar-refractivity contribution >= 4 is 23.4 Å². The molecule has 2 amide bonds. The lowest BCUT2D eigenvalue weighted by Crippen LogP contribution is -2.72. The zero-order chi connectivity index (χ0) is 22.9. The Hall–Kier alpha value is -1.00. The summed E-state index contributed by atoms with van der Waals surface area (Å²) in [5.74, 6) is -0.334. The molecular formula is C22H36ClFN4O4. The zero-order valence-corrected chi connectivity index (χ0v) is 19.4. The van der Waals surface area contributed by atoms with E-state index in [1.807, 2.05) is 0 Å². The lowest BCUT2D eigenvalue weighted by molar-refractivity contribution is -0.139. The third-order valence-electron chi connectivity index (χ3n) is 7.85. The number of piperazine rings is 1. The van der Waals surface area contributed by atoms with E-state index in [2.05, 4.69) is 28.2 Å². The molecule has 5 fully saturated rings. The molecule has 4 aliphatic carbocycles. The Balaban J connectivity index is 1.26. The quantitative estimate of drug-likeness (QED) is 0.358. The molecule has 0 aromatic rings. The average molecular weight is 475 g/mol. The molecule has 182 valence electrons. The molecule has 8 nitrogen and oxygen atoms in total. The standard InChI is InChI=1S/C22H36ClFN4O4/c1-13-10-26-17(11-25-13)20(31)28-22-6-4-21(5-7-22,9-18(22)29)27-19(30)12-32-14-2-3-15(23)16(24)8-14/h13-18,25-26,29H,2-12H2,1H3,(H,27,30)(H,28,31). The fourth-order valence-corrected chi connectivity index (χ4v) is 5.91. The molecule has 4 saturated carbocycles. The van der Waals surface area contributed by atoms with Crippen molar-refractivity contribution in [2.24, 2.45) is 0 Å². The number of hydrogen-bond donors (Lipinski definition) is 5. The van der Waals surface area contributed by atoms with Gasteiger partial charge in [0, 0.05) is 31.1 Å². The van der Waals surface area contributed by atoms with E-state index in [4.69, 9.17) is 16.3 Å². The van der Waals surface area contributed by atoms with Crippen molar-refractivity contribution in [1.82, 2.24) is 21.3 Å². The highest BCUT2D eigenvalue weighted by atomic mass is 35.5. The number of rotatable bonds is 6. The van der Waals surface area contributed by atoms with Crippen molar-refractivity contribution in [2.75, 3.05) is 19.7 Å². The first-order chi connectivity index (χ1) is 15.2. The van der Waals surface area contributed by atoms with Gasteiger partial charge in [-0.25, -0.2) is 4.39 Å². The number of hydrogen-bond acceptors (Lipinski definition) is 6. The van der Waals surface area contributed by atoms with Crippen LogP contribution in [0.25, 0.3) is 0 Å². The zero-order valence-electron chi connectivity index (χ0n) is 18.7. The summed E-state index contributed by atoms with van der Waals surface area (Å²) in [4.78, 5) is 25.3. The predicted octanol–water partition coefficient (Wildman–Crippen LogP) is 0.500. The van der Waals surface area contributed by atoms with E-state index >= 15 is 0 Å². The van der Waals surface area contributed by atoms with E-state index < -0.39 is 28.7 Å². The van der Waals surface area contributed by atoms with Gasteiger partial charge in [-0.3, -0.25) is 9.59 Å². The highest BCUT2D eigenvalue weighted by molar-refractivity contribution is 6.21. The molecule has 5 rings (SSSR count). The molecule has 6 atom stereocenters. The Morgan fingerprint density at radius 2 is 1.91 bits per heavy atom. The number of aliphatic hydroxyl groups is 1. The molecule has 1 aliphatic heterocycles. The van der Waals surface area contributed by atoms with Crippen LogP contribution in [0.1, 0.15) is 58.3 Å². The number of fused-ring (bicyclic) bond motifs is 3. The molecule has 0 radical (unpaired) electrons. The number of aliphatic hydroxyl groups excluding tert-OH is 1.